The van der Waals surface area contributed by atoms with Crippen molar-refractivity contribution in [2.75, 3.05) is 0 Å². The Morgan fingerprint density at radius 2 is 1.58 bits per heavy atom. The molecular formula is C13H7Cl3F2O. The Bertz CT molecular complexity index is 602. The molecule has 0 aliphatic rings. The van der Waals surface area contributed by atoms with Gasteiger partial charge in [0.2, 0.25) is 0 Å². The predicted octanol–water partition coefficient (Wildman–Crippen LogP) is 5.92. The first-order valence-corrected chi connectivity index (χ1v) is 6.30. The maximum Gasteiger partial charge on any atom is 0.387 e. The molecule has 0 saturated carbocycles. The van der Waals surface area contributed by atoms with Crippen molar-refractivity contribution >= 4 is 34.8 Å². The van der Waals surface area contributed by atoms with Crippen molar-refractivity contribution < 1.29 is 13.5 Å². The van der Waals surface area contributed by atoms with Crippen LogP contribution >= 0.6 is 34.8 Å². The van der Waals surface area contributed by atoms with Gasteiger partial charge in [0.25, 0.3) is 0 Å². The zero-order valence-electron chi connectivity index (χ0n) is 9.34. The van der Waals surface area contributed by atoms with Crippen LogP contribution in [0.15, 0.2) is 36.4 Å². The van der Waals surface area contributed by atoms with Gasteiger partial charge in [0.15, 0.2) is 0 Å². The molecule has 0 amide bonds. The molecule has 0 radical (unpaired) electrons. The van der Waals surface area contributed by atoms with Crippen molar-refractivity contribution in [3.05, 3.63) is 51.5 Å². The molecule has 19 heavy (non-hydrogen) atoms. The van der Waals surface area contributed by atoms with Gasteiger partial charge < -0.3 is 4.74 Å². The van der Waals surface area contributed by atoms with Gasteiger partial charge in [0, 0.05) is 21.2 Å². The highest BCUT2D eigenvalue weighted by atomic mass is 35.5. The summed E-state index contributed by atoms with van der Waals surface area (Å²) in [5.41, 5.74) is 1.22. The molecule has 100 valence electrons. The van der Waals surface area contributed by atoms with Crippen LogP contribution in [0.2, 0.25) is 15.1 Å². The van der Waals surface area contributed by atoms with Gasteiger partial charge >= 0.3 is 6.61 Å². The first kappa shape index (κ1) is 14.4. The summed E-state index contributed by atoms with van der Waals surface area (Å²) in [5, 5.41) is 1.22. The van der Waals surface area contributed by atoms with Crippen molar-refractivity contribution in [3.8, 4) is 16.9 Å². The van der Waals surface area contributed by atoms with Gasteiger partial charge in [-0.25, -0.2) is 0 Å². The van der Waals surface area contributed by atoms with Gasteiger partial charge in [0.05, 0.1) is 5.02 Å². The summed E-state index contributed by atoms with van der Waals surface area (Å²) in [4.78, 5) is 0. The highest BCUT2D eigenvalue weighted by molar-refractivity contribution is 6.37. The van der Waals surface area contributed by atoms with Gasteiger partial charge in [-0.2, -0.15) is 8.78 Å². The lowest BCUT2D eigenvalue weighted by Gasteiger charge is -2.10. The Hall–Kier alpha value is -1.03. The van der Waals surface area contributed by atoms with E-state index >= 15 is 0 Å². The molecule has 0 aliphatic carbocycles. The Morgan fingerprint density at radius 1 is 0.842 bits per heavy atom. The zero-order valence-corrected chi connectivity index (χ0v) is 11.6. The van der Waals surface area contributed by atoms with Gasteiger partial charge in [0.1, 0.15) is 5.75 Å². The number of hydrogen-bond donors (Lipinski definition) is 0. The minimum atomic E-state index is -2.89. The summed E-state index contributed by atoms with van der Waals surface area (Å²) in [7, 11) is 0. The molecule has 0 heterocycles. The average Bonchev–Trinajstić information content (AvgIpc) is 2.32. The van der Waals surface area contributed by atoms with Crippen LogP contribution in [0, 0.1) is 0 Å². The molecule has 2 rings (SSSR count). The average molecular weight is 324 g/mol. The second kappa shape index (κ2) is 5.95. The largest absolute Gasteiger partial charge is 0.435 e. The number of rotatable bonds is 3. The van der Waals surface area contributed by atoms with E-state index in [1.54, 1.807) is 24.3 Å². The van der Waals surface area contributed by atoms with Crippen LogP contribution in [0.1, 0.15) is 0 Å². The van der Waals surface area contributed by atoms with Crippen molar-refractivity contribution in [2.24, 2.45) is 0 Å². The first-order valence-electron chi connectivity index (χ1n) is 5.17. The minimum Gasteiger partial charge on any atom is -0.435 e. The van der Waals surface area contributed by atoms with Crippen LogP contribution in [-0.2, 0) is 0 Å². The van der Waals surface area contributed by atoms with Crippen LogP contribution < -0.4 is 4.74 Å². The van der Waals surface area contributed by atoms with E-state index in [0.717, 1.165) is 0 Å². The molecule has 2 aromatic rings. The number of alkyl halides is 2. The molecular weight excluding hydrogens is 316 g/mol. The lowest BCUT2D eigenvalue weighted by atomic mass is 10.1. The second-order valence-corrected chi connectivity index (χ2v) is 4.90. The second-order valence-electron chi connectivity index (χ2n) is 3.64. The summed E-state index contributed by atoms with van der Waals surface area (Å²) in [5.74, 6) is -0.0121. The molecule has 0 fully saturated rings. The molecule has 0 aromatic heterocycles. The Morgan fingerprint density at radius 3 is 2.21 bits per heavy atom. The van der Waals surface area contributed by atoms with E-state index in [1.165, 1.54) is 12.1 Å². The fourth-order valence-corrected chi connectivity index (χ4v) is 2.26. The summed E-state index contributed by atoms with van der Waals surface area (Å²) in [6.07, 6.45) is 0. The van der Waals surface area contributed by atoms with Gasteiger partial charge in [-0.1, -0.05) is 34.8 Å². The van der Waals surface area contributed by atoms with Crippen LogP contribution in [0.3, 0.4) is 0 Å². The third kappa shape index (κ3) is 3.50. The molecule has 0 unspecified atom stereocenters. The van der Waals surface area contributed by atoms with Crippen molar-refractivity contribution in [1.29, 1.82) is 0 Å². The third-order valence-electron chi connectivity index (χ3n) is 2.38. The molecule has 0 N–H and O–H groups in total. The monoisotopic (exact) mass is 322 g/mol. The summed E-state index contributed by atoms with van der Waals surface area (Å²) in [6.45, 7) is -2.89. The lowest BCUT2D eigenvalue weighted by molar-refractivity contribution is -0.0498. The Kier molecular flexibility index (Phi) is 4.50. The standard InChI is InChI=1S/C13H7Cl3F2O/c14-7-1-4-11(15)10(5-7)9-3-2-8(6-12(9)16)19-13(17)18/h1-6,13H. The first-order chi connectivity index (χ1) is 8.97. The van der Waals surface area contributed by atoms with E-state index in [4.69, 9.17) is 34.8 Å². The van der Waals surface area contributed by atoms with E-state index in [1.807, 2.05) is 0 Å². The van der Waals surface area contributed by atoms with Crippen molar-refractivity contribution in [1.82, 2.24) is 0 Å². The van der Waals surface area contributed by atoms with E-state index in [2.05, 4.69) is 4.74 Å². The maximum atomic E-state index is 12.1. The number of hydrogen-bond acceptors (Lipinski definition) is 1. The smallest absolute Gasteiger partial charge is 0.387 e. The van der Waals surface area contributed by atoms with Gasteiger partial charge in [-0.05, 0) is 36.4 Å². The zero-order chi connectivity index (χ0) is 14.0. The third-order valence-corrected chi connectivity index (χ3v) is 3.26. The summed E-state index contributed by atoms with van der Waals surface area (Å²) in [6, 6.07) is 9.19. The molecule has 0 saturated heterocycles. The number of ether oxygens (including phenoxy) is 1. The van der Waals surface area contributed by atoms with Gasteiger partial charge in [-0.15, -0.1) is 0 Å². The molecule has 2 aromatic carbocycles. The molecule has 1 nitrogen and oxygen atoms in total. The summed E-state index contributed by atoms with van der Waals surface area (Å²) < 4.78 is 28.4. The highest BCUT2D eigenvalue weighted by Crippen LogP contribution is 2.36. The van der Waals surface area contributed by atoms with Crippen molar-refractivity contribution in [3.63, 3.8) is 0 Å². The molecule has 6 heteroatoms. The molecule has 0 bridgehead atoms. The number of benzene rings is 2. The summed E-state index contributed by atoms with van der Waals surface area (Å²) >= 11 is 18.0. The fourth-order valence-electron chi connectivity index (χ4n) is 1.59. The molecule has 0 aliphatic heterocycles. The van der Waals surface area contributed by atoms with Crippen LogP contribution in [0.4, 0.5) is 8.78 Å². The Balaban J connectivity index is 2.43. The SMILES string of the molecule is FC(F)Oc1ccc(-c2cc(Cl)ccc2Cl)c(Cl)c1. The van der Waals surface area contributed by atoms with Crippen LogP contribution in [0.5, 0.6) is 5.75 Å². The van der Waals surface area contributed by atoms with E-state index in [0.29, 0.717) is 21.2 Å². The van der Waals surface area contributed by atoms with E-state index < -0.39 is 6.61 Å². The highest BCUT2D eigenvalue weighted by Gasteiger charge is 2.11. The normalized spacial score (nSPS) is 10.8. The number of halogens is 5. The van der Waals surface area contributed by atoms with Crippen LogP contribution in [0.25, 0.3) is 11.1 Å². The van der Waals surface area contributed by atoms with Gasteiger partial charge in [-0.3, -0.25) is 0 Å². The maximum absolute atomic E-state index is 12.1. The Labute approximate surface area is 123 Å². The van der Waals surface area contributed by atoms with E-state index in [9.17, 15) is 8.78 Å². The lowest BCUT2D eigenvalue weighted by Crippen LogP contribution is -2.01. The topological polar surface area (TPSA) is 9.23 Å². The van der Waals surface area contributed by atoms with E-state index in [-0.39, 0.29) is 10.8 Å². The predicted molar refractivity (Wildman–Crippen MR) is 73.5 cm³/mol. The molecule has 0 atom stereocenters. The van der Waals surface area contributed by atoms with Crippen molar-refractivity contribution in [2.45, 2.75) is 6.61 Å². The van der Waals surface area contributed by atoms with Crippen LogP contribution in [-0.4, -0.2) is 6.61 Å². The minimum absolute atomic E-state index is 0.0121. The molecule has 0 spiro atoms. The quantitative estimate of drug-likeness (QED) is 0.681. The fraction of sp³-hybridized carbons (Fsp3) is 0.0769.